The van der Waals surface area contributed by atoms with Crippen molar-refractivity contribution in [2.45, 2.75) is 45.8 Å². The third-order valence-corrected chi connectivity index (χ3v) is 3.68. The van der Waals surface area contributed by atoms with E-state index < -0.39 is 23.7 Å². The Morgan fingerprint density at radius 3 is 2.22 bits per heavy atom. The first-order valence-corrected chi connectivity index (χ1v) is 8.57. The van der Waals surface area contributed by atoms with Crippen LogP contribution in [0.5, 0.6) is 0 Å². The Morgan fingerprint density at radius 2 is 1.74 bits per heavy atom. The van der Waals surface area contributed by atoms with E-state index in [4.69, 9.17) is 14.6 Å². The van der Waals surface area contributed by atoms with Crippen molar-refractivity contribution in [3.63, 3.8) is 0 Å². The van der Waals surface area contributed by atoms with Gasteiger partial charge in [0.1, 0.15) is 17.5 Å². The fraction of sp³-hybridized carbons (Fsp3) is 0.526. The summed E-state index contributed by atoms with van der Waals surface area (Å²) < 4.78 is 18.4. The lowest BCUT2D eigenvalue weighted by molar-refractivity contribution is -0.302. The molecule has 2 rings (SSSR count). The topological polar surface area (TPSA) is 90.0 Å². The molecule has 0 aliphatic carbocycles. The number of ether oxygens (including phenoxy) is 1. The minimum absolute atomic E-state index is 0.133. The number of rotatable bonds is 2. The van der Waals surface area contributed by atoms with Gasteiger partial charge in [-0.05, 0) is 45.4 Å². The number of halogens is 1. The van der Waals surface area contributed by atoms with Crippen molar-refractivity contribution < 1.29 is 28.6 Å². The van der Waals surface area contributed by atoms with E-state index in [9.17, 15) is 14.0 Å². The molecule has 0 bridgehead atoms. The van der Waals surface area contributed by atoms with Crippen LogP contribution in [0.3, 0.4) is 0 Å². The van der Waals surface area contributed by atoms with Crippen LogP contribution >= 0.6 is 0 Å². The smallest absolute Gasteiger partial charge is 0.411 e. The van der Waals surface area contributed by atoms with E-state index in [1.165, 1.54) is 17.0 Å². The molecule has 0 aromatic heterocycles. The molecule has 1 atom stereocenters. The molecule has 1 aliphatic heterocycles. The molecule has 1 heterocycles. The van der Waals surface area contributed by atoms with Crippen LogP contribution < -0.4 is 5.11 Å². The number of carboxylic acid groups (broad SMARTS) is 1. The molecule has 27 heavy (non-hydrogen) atoms. The van der Waals surface area contributed by atoms with E-state index in [1.807, 2.05) is 0 Å². The number of hydrogen-bond acceptors (Lipinski definition) is 5. The molecule has 1 unspecified atom stereocenters. The highest BCUT2D eigenvalue weighted by Gasteiger charge is 2.38. The molecule has 1 aliphatic rings. The van der Waals surface area contributed by atoms with Crippen molar-refractivity contribution >= 4 is 18.0 Å². The lowest BCUT2D eigenvalue weighted by Crippen LogP contribution is -2.59. The van der Waals surface area contributed by atoms with Gasteiger partial charge >= 0.3 is 6.09 Å². The van der Waals surface area contributed by atoms with E-state index in [-0.39, 0.29) is 11.7 Å². The molecule has 0 spiro atoms. The molecule has 7 nitrogen and oxygen atoms in total. The number of hydrogen-bond donors (Lipinski definition) is 0. The van der Waals surface area contributed by atoms with Gasteiger partial charge in [-0.1, -0.05) is 12.1 Å². The third kappa shape index (κ3) is 7.64. The quantitative estimate of drug-likeness (QED) is 0.768. The molecule has 0 radical (unpaired) electrons. The Hall–Kier alpha value is -2.64. The largest absolute Gasteiger partial charge is 0.550 e. The minimum atomic E-state index is -1.08. The maximum atomic E-state index is 13.0. The molecule has 1 fully saturated rings. The van der Waals surface area contributed by atoms with Crippen LogP contribution in [0.2, 0.25) is 0 Å². The second-order valence-corrected chi connectivity index (χ2v) is 7.27. The van der Waals surface area contributed by atoms with Crippen LogP contribution in [0.15, 0.2) is 24.3 Å². The van der Waals surface area contributed by atoms with Crippen LogP contribution in [-0.2, 0) is 20.7 Å². The summed E-state index contributed by atoms with van der Waals surface area (Å²) in [6.07, 6.45) is -0.158. The first-order chi connectivity index (χ1) is 12.4. The van der Waals surface area contributed by atoms with Crippen LogP contribution in [0.25, 0.3) is 0 Å². The summed E-state index contributed by atoms with van der Waals surface area (Å²) in [5.74, 6) is -1.55. The van der Waals surface area contributed by atoms with Crippen LogP contribution in [-0.4, -0.2) is 59.5 Å². The first kappa shape index (κ1) is 22.4. The number of amides is 2. The van der Waals surface area contributed by atoms with E-state index in [2.05, 4.69) is 0 Å². The maximum Gasteiger partial charge on any atom is 0.411 e. The number of carbonyl (C=O) groups excluding carboxylic acids is 3. The zero-order valence-corrected chi connectivity index (χ0v) is 16.3. The fourth-order valence-corrected chi connectivity index (χ4v) is 2.49. The normalized spacial score (nSPS) is 17.1. The SMILES string of the molecule is CC(=O)[O-].CN1CCN(C(=O)OC(C)(C)C)C(Cc2ccc(F)cc2)C1=O. The summed E-state index contributed by atoms with van der Waals surface area (Å²) in [6, 6.07) is 5.33. The highest BCUT2D eigenvalue weighted by atomic mass is 19.1. The Kier molecular flexibility index (Phi) is 7.75. The van der Waals surface area contributed by atoms with Crippen LogP contribution in [0.4, 0.5) is 9.18 Å². The maximum absolute atomic E-state index is 13.0. The minimum Gasteiger partial charge on any atom is -0.550 e. The van der Waals surface area contributed by atoms with Crippen molar-refractivity contribution in [3.8, 4) is 0 Å². The monoisotopic (exact) mass is 381 g/mol. The lowest BCUT2D eigenvalue weighted by atomic mass is 10.0. The molecule has 1 saturated heterocycles. The Bertz CT molecular complexity index is 666. The average molecular weight is 381 g/mol. The summed E-state index contributed by atoms with van der Waals surface area (Å²) in [6.45, 7) is 7.23. The van der Waals surface area contributed by atoms with E-state index in [1.54, 1.807) is 44.9 Å². The molecule has 2 amide bonds. The predicted molar refractivity (Wildman–Crippen MR) is 95.2 cm³/mol. The van der Waals surface area contributed by atoms with Gasteiger partial charge in [0.05, 0.1) is 0 Å². The first-order valence-electron chi connectivity index (χ1n) is 8.57. The number of nitrogens with zero attached hydrogens (tertiary/aromatic N) is 2. The second kappa shape index (κ2) is 9.34. The highest BCUT2D eigenvalue weighted by Crippen LogP contribution is 2.19. The molecule has 0 N–H and O–H groups in total. The van der Waals surface area contributed by atoms with Crippen molar-refractivity contribution in [2.75, 3.05) is 20.1 Å². The standard InChI is InChI=1S/C17H23FN2O3.C2H4O2/c1-17(2,3)23-16(22)20-10-9-19(4)15(21)14(20)11-12-5-7-13(18)8-6-12;1-2(3)4/h5-8,14H,9-11H2,1-4H3;1H3,(H,3,4)/p-1. The van der Waals surface area contributed by atoms with E-state index >= 15 is 0 Å². The molecule has 8 heteroatoms. The highest BCUT2D eigenvalue weighted by molar-refractivity contribution is 5.87. The molecule has 1 aromatic rings. The van der Waals surface area contributed by atoms with Gasteiger partial charge in [0, 0.05) is 32.5 Å². The van der Waals surface area contributed by atoms with E-state index in [0.717, 1.165) is 12.5 Å². The lowest BCUT2D eigenvalue weighted by Gasteiger charge is -2.39. The third-order valence-electron chi connectivity index (χ3n) is 3.68. The van der Waals surface area contributed by atoms with Crippen LogP contribution in [0.1, 0.15) is 33.3 Å². The Labute approximate surface area is 158 Å². The van der Waals surface area contributed by atoms with Gasteiger partial charge in [-0.3, -0.25) is 9.69 Å². The summed E-state index contributed by atoms with van der Waals surface area (Å²) in [5.41, 5.74) is 0.179. The van der Waals surface area contributed by atoms with Crippen LogP contribution in [0, 0.1) is 5.82 Å². The van der Waals surface area contributed by atoms with Gasteiger partial charge in [0.2, 0.25) is 5.91 Å². The van der Waals surface area contributed by atoms with Crippen molar-refractivity contribution in [2.24, 2.45) is 0 Å². The number of likely N-dealkylation sites (N-methyl/N-ethyl adjacent to an activating group) is 1. The number of piperazine rings is 1. The van der Waals surface area contributed by atoms with Gasteiger partial charge < -0.3 is 19.5 Å². The Morgan fingerprint density at radius 1 is 1.22 bits per heavy atom. The predicted octanol–water partition coefficient (Wildman–Crippen LogP) is 1.20. The molecular weight excluding hydrogens is 355 g/mol. The van der Waals surface area contributed by atoms with Gasteiger partial charge in [-0.25, -0.2) is 9.18 Å². The summed E-state index contributed by atoms with van der Waals surface area (Å²) in [4.78, 5) is 36.8. The van der Waals surface area contributed by atoms with Crippen molar-refractivity contribution in [3.05, 3.63) is 35.6 Å². The molecule has 0 saturated carbocycles. The molecule has 150 valence electrons. The van der Waals surface area contributed by atoms with Crippen molar-refractivity contribution in [1.82, 2.24) is 9.80 Å². The van der Waals surface area contributed by atoms with Crippen molar-refractivity contribution in [1.29, 1.82) is 0 Å². The van der Waals surface area contributed by atoms with Gasteiger partial charge in [0.15, 0.2) is 0 Å². The molecule has 1 aromatic carbocycles. The summed E-state index contributed by atoms with van der Waals surface area (Å²) in [7, 11) is 1.71. The van der Waals surface area contributed by atoms with Gasteiger partial charge in [-0.15, -0.1) is 0 Å². The summed E-state index contributed by atoms with van der Waals surface area (Å²) in [5, 5.41) is 8.89. The average Bonchev–Trinajstić information content (AvgIpc) is 2.51. The van der Waals surface area contributed by atoms with E-state index in [0.29, 0.717) is 19.5 Å². The molecular formula is C19H26FN2O5-. The number of carboxylic acids is 1. The fourth-order valence-electron chi connectivity index (χ4n) is 2.49. The summed E-state index contributed by atoms with van der Waals surface area (Å²) >= 11 is 0. The Balaban J connectivity index is 0.000000828. The number of carbonyl (C=O) groups is 3. The zero-order chi connectivity index (χ0) is 20.8. The van der Waals surface area contributed by atoms with Gasteiger partial charge in [0.25, 0.3) is 0 Å². The number of benzene rings is 1. The second-order valence-electron chi connectivity index (χ2n) is 7.27. The van der Waals surface area contributed by atoms with Gasteiger partial charge in [-0.2, -0.15) is 0 Å². The number of aliphatic carboxylic acids is 1. The zero-order valence-electron chi connectivity index (χ0n) is 16.3.